The Morgan fingerprint density at radius 1 is 1.50 bits per heavy atom. The average Bonchev–Trinajstić information content (AvgIpc) is 2.08. The van der Waals surface area contributed by atoms with Gasteiger partial charge in [0.2, 0.25) is 0 Å². The van der Waals surface area contributed by atoms with Crippen molar-refractivity contribution in [1.82, 2.24) is 4.98 Å². The van der Waals surface area contributed by atoms with Gasteiger partial charge in [0.15, 0.2) is 5.75 Å². The molecule has 0 aliphatic carbocycles. The Labute approximate surface area is 95.7 Å². The standard InChI is InChI=1S/C7H5BrF3N3O2/c8-4-3(6(13)15)2(1-14-5(4)12)16-7(9,10)11/h1H,(H2,12,14)(H2,13,15). The molecule has 4 N–H and O–H groups in total. The maximum absolute atomic E-state index is 12.0. The van der Waals surface area contributed by atoms with E-state index in [0.717, 1.165) is 0 Å². The van der Waals surface area contributed by atoms with Crippen LogP contribution in [0.15, 0.2) is 10.7 Å². The molecule has 0 spiro atoms. The van der Waals surface area contributed by atoms with Gasteiger partial charge in [0.1, 0.15) is 11.4 Å². The van der Waals surface area contributed by atoms with Crippen molar-refractivity contribution >= 4 is 27.7 Å². The molecule has 9 heteroatoms. The van der Waals surface area contributed by atoms with Crippen molar-refractivity contribution in [2.45, 2.75) is 6.36 Å². The Morgan fingerprint density at radius 2 is 2.06 bits per heavy atom. The highest BCUT2D eigenvalue weighted by Crippen LogP contribution is 2.32. The summed E-state index contributed by atoms with van der Waals surface area (Å²) in [5.74, 6) is -2.08. The van der Waals surface area contributed by atoms with Crippen LogP contribution in [0, 0.1) is 0 Å². The molecule has 0 bridgehead atoms. The first kappa shape index (κ1) is 12.6. The predicted octanol–water partition coefficient (Wildman–Crippen LogP) is 1.42. The Hall–Kier alpha value is -1.51. The van der Waals surface area contributed by atoms with Crippen molar-refractivity contribution in [2.24, 2.45) is 5.73 Å². The number of aromatic nitrogens is 1. The third-order valence-electron chi connectivity index (χ3n) is 1.48. The van der Waals surface area contributed by atoms with Crippen LogP contribution < -0.4 is 16.2 Å². The van der Waals surface area contributed by atoms with E-state index in [2.05, 4.69) is 25.7 Å². The highest BCUT2D eigenvalue weighted by molar-refractivity contribution is 9.10. The molecule has 88 valence electrons. The maximum atomic E-state index is 12.0. The monoisotopic (exact) mass is 299 g/mol. The number of carbonyl (C=O) groups excluding carboxylic acids is 1. The Morgan fingerprint density at radius 3 is 2.50 bits per heavy atom. The van der Waals surface area contributed by atoms with Gasteiger partial charge in [0, 0.05) is 0 Å². The minimum absolute atomic E-state index is 0.137. The number of nitrogens with zero attached hydrogens (tertiary/aromatic N) is 1. The Kier molecular flexibility index (Phi) is 3.27. The molecule has 0 saturated carbocycles. The zero-order chi connectivity index (χ0) is 12.5. The van der Waals surface area contributed by atoms with E-state index in [9.17, 15) is 18.0 Å². The van der Waals surface area contributed by atoms with Crippen LogP contribution in [0.25, 0.3) is 0 Å². The molecule has 0 atom stereocenters. The Balaban J connectivity index is 3.29. The molecule has 1 rings (SSSR count). The minimum Gasteiger partial charge on any atom is -0.403 e. The smallest absolute Gasteiger partial charge is 0.403 e. The third-order valence-corrected chi connectivity index (χ3v) is 2.29. The first-order chi connectivity index (χ1) is 7.22. The molecule has 0 saturated heterocycles. The molecule has 0 aliphatic rings. The molecule has 16 heavy (non-hydrogen) atoms. The number of rotatable bonds is 2. The lowest BCUT2D eigenvalue weighted by atomic mass is 10.2. The first-order valence-corrected chi connectivity index (χ1v) is 4.51. The number of primary amides is 1. The second kappa shape index (κ2) is 4.16. The summed E-state index contributed by atoms with van der Waals surface area (Å²) in [5, 5.41) is 0. The number of halogens is 4. The van der Waals surface area contributed by atoms with Crippen LogP contribution in [-0.2, 0) is 0 Å². The molecular weight excluding hydrogens is 295 g/mol. The number of pyridine rings is 1. The van der Waals surface area contributed by atoms with E-state index >= 15 is 0 Å². The van der Waals surface area contributed by atoms with Gasteiger partial charge < -0.3 is 16.2 Å². The number of nitrogen functional groups attached to an aromatic ring is 1. The second-order valence-electron chi connectivity index (χ2n) is 2.61. The van der Waals surface area contributed by atoms with E-state index in [1.54, 1.807) is 0 Å². The highest BCUT2D eigenvalue weighted by atomic mass is 79.9. The largest absolute Gasteiger partial charge is 0.573 e. The zero-order valence-corrected chi connectivity index (χ0v) is 9.09. The lowest BCUT2D eigenvalue weighted by molar-refractivity contribution is -0.274. The molecule has 1 aromatic heterocycles. The fraction of sp³-hybridized carbons (Fsp3) is 0.143. The van der Waals surface area contributed by atoms with Gasteiger partial charge in [-0.1, -0.05) is 0 Å². The maximum Gasteiger partial charge on any atom is 0.573 e. The lowest BCUT2D eigenvalue weighted by Gasteiger charge is -2.12. The molecule has 0 unspecified atom stereocenters. The van der Waals surface area contributed by atoms with Crippen LogP contribution >= 0.6 is 15.9 Å². The molecule has 1 heterocycles. The van der Waals surface area contributed by atoms with E-state index in [1.807, 2.05) is 0 Å². The van der Waals surface area contributed by atoms with Crippen molar-refractivity contribution in [2.75, 3.05) is 5.73 Å². The average molecular weight is 300 g/mol. The first-order valence-electron chi connectivity index (χ1n) is 3.72. The normalized spacial score (nSPS) is 11.2. The minimum atomic E-state index is -4.94. The second-order valence-corrected chi connectivity index (χ2v) is 3.40. The highest BCUT2D eigenvalue weighted by Gasteiger charge is 2.33. The van der Waals surface area contributed by atoms with E-state index in [1.165, 1.54) is 0 Å². The molecular formula is C7H5BrF3N3O2. The summed E-state index contributed by atoms with van der Waals surface area (Å²) in [5.41, 5.74) is 9.68. The topological polar surface area (TPSA) is 91.2 Å². The number of alkyl halides is 3. The van der Waals surface area contributed by atoms with Crippen molar-refractivity contribution in [1.29, 1.82) is 0 Å². The van der Waals surface area contributed by atoms with Crippen LogP contribution in [0.3, 0.4) is 0 Å². The summed E-state index contributed by atoms with van der Waals surface area (Å²) in [6.45, 7) is 0. The molecule has 1 amide bonds. The summed E-state index contributed by atoms with van der Waals surface area (Å²) in [6.07, 6.45) is -4.27. The molecule has 1 aromatic rings. The molecule has 0 aliphatic heterocycles. The SMILES string of the molecule is NC(=O)c1c(OC(F)(F)F)cnc(N)c1Br. The molecule has 0 fully saturated rings. The third kappa shape index (κ3) is 2.75. The number of carbonyl (C=O) groups is 1. The lowest BCUT2D eigenvalue weighted by Crippen LogP contribution is -2.22. The zero-order valence-electron chi connectivity index (χ0n) is 7.51. The van der Waals surface area contributed by atoms with Crippen LogP contribution in [0.1, 0.15) is 10.4 Å². The summed E-state index contributed by atoms with van der Waals surface area (Å²) >= 11 is 2.80. The van der Waals surface area contributed by atoms with Crippen LogP contribution in [0.2, 0.25) is 0 Å². The number of nitrogens with two attached hydrogens (primary N) is 2. The van der Waals surface area contributed by atoms with Gasteiger partial charge in [-0.2, -0.15) is 0 Å². The molecule has 0 aromatic carbocycles. The summed E-state index contributed by atoms with van der Waals surface area (Å²) in [4.78, 5) is 14.3. The predicted molar refractivity (Wildman–Crippen MR) is 51.6 cm³/mol. The van der Waals surface area contributed by atoms with Crippen LogP contribution in [-0.4, -0.2) is 17.3 Å². The van der Waals surface area contributed by atoms with E-state index in [0.29, 0.717) is 6.20 Å². The molecule has 5 nitrogen and oxygen atoms in total. The van der Waals surface area contributed by atoms with Crippen molar-refractivity contribution < 1.29 is 22.7 Å². The summed E-state index contributed by atoms with van der Waals surface area (Å²) in [6, 6.07) is 0. The van der Waals surface area contributed by atoms with Gasteiger partial charge in [0.25, 0.3) is 5.91 Å². The van der Waals surface area contributed by atoms with Gasteiger partial charge in [-0.3, -0.25) is 4.79 Å². The van der Waals surface area contributed by atoms with Crippen molar-refractivity contribution in [3.8, 4) is 5.75 Å². The van der Waals surface area contributed by atoms with E-state index < -0.39 is 23.6 Å². The van der Waals surface area contributed by atoms with Crippen LogP contribution in [0.5, 0.6) is 5.75 Å². The van der Waals surface area contributed by atoms with Crippen molar-refractivity contribution in [3.05, 3.63) is 16.2 Å². The number of anilines is 1. The van der Waals surface area contributed by atoms with Gasteiger partial charge in [-0.25, -0.2) is 4.98 Å². The fourth-order valence-electron chi connectivity index (χ4n) is 0.917. The fourth-order valence-corrected chi connectivity index (χ4v) is 1.41. The summed E-state index contributed by atoms with van der Waals surface area (Å²) in [7, 11) is 0. The van der Waals surface area contributed by atoms with Crippen molar-refractivity contribution in [3.63, 3.8) is 0 Å². The summed E-state index contributed by atoms with van der Waals surface area (Å²) < 4.78 is 39.3. The number of amides is 1. The number of ether oxygens (including phenoxy) is 1. The van der Waals surface area contributed by atoms with Gasteiger partial charge in [0.05, 0.1) is 10.7 Å². The van der Waals surface area contributed by atoms with E-state index in [-0.39, 0.29) is 10.3 Å². The van der Waals surface area contributed by atoms with Gasteiger partial charge >= 0.3 is 6.36 Å². The molecule has 0 radical (unpaired) electrons. The number of hydrogen-bond acceptors (Lipinski definition) is 4. The van der Waals surface area contributed by atoms with Gasteiger partial charge in [-0.15, -0.1) is 13.2 Å². The van der Waals surface area contributed by atoms with E-state index in [4.69, 9.17) is 11.5 Å². The van der Waals surface area contributed by atoms with Gasteiger partial charge in [-0.05, 0) is 15.9 Å². The Bertz CT molecular complexity index is 436. The van der Waals surface area contributed by atoms with Crippen LogP contribution in [0.4, 0.5) is 19.0 Å². The number of hydrogen-bond donors (Lipinski definition) is 2. The quantitative estimate of drug-likeness (QED) is 0.864.